The van der Waals surface area contributed by atoms with Crippen LogP contribution in [0.4, 0.5) is 0 Å². The summed E-state index contributed by atoms with van der Waals surface area (Å²) in [4.78, 5) is 0. The zero-order chi connectivity index (χ0) is 8.39. The molecule has 2 N–H and O–H groups in total. The van der Waals surface area contributed by atoms with E-state index >= 15 is 0 Å². The number of hydrogen-bond acceptors (Lipinski definition) is 1. The van der Waals surface area contributed by atoms with Crippen LogP contribution in [-0.4, -0.2) is 0 Å². The van der Waals surface area contributed by atoms with Crippen LogP contribution in [0.5, 0.6) is 0 Å². The highest BCUT2D eigenvalue weighted by Crippen LogP contribution is 2.37. The van der Waals surface area contributed by atoms with Crippen molar-refractivity contribution in [3.63, 3.8) is 0 Å². The first-order valence-corrected chi connectivity index (χ1v) is 4.69. The Morgan fingerprint density at radius 2 is 2.00 bits per heavy atom. The fourth-order valence-corrected chi connectivity index (χ4v) is 1.84. The third-order valence-electron chi connectivity index (χ3n) is 2.82. The Morgan fingerprint density at radius 1 is 1.25 bits per heavy atom. The first kappa shape index (κ1) is 7.81. The molecule has 2 rings (SSSR count). The summed E-state index contributed by atoms with van der Waals surface area (Å²) in [5.74, 6) is 0.810. The molecule has 0 aliphatic heterocycles. The molecule has 0 aromatic heterocycles. The smallest absolute Gasteiger partial charge is 0.0180 e. The summed E-state index contributed by atoms with van der Waals surface area (Å²) in [7, 11) is 0. The van der Waals surface area contributed by atoms with Gasteiger partial charge in [-0.05, 0) is 29.9 Å². The van der Waals surface area contributed by atoms with Crippen molar-refractivity contribution in [3.8, 4) is 0 Å². The van der Waals surface area contributed by atoms with Crippen molar-refractivity contribution >= 4 is 0 Å². The maximum Gasteiger partial charge on any atom is 0.0180 e. The van der Waals surface area contributed by atoms with Crippen molar-refractivity contribution in [2.45, 2.75) is 31.7 Å². The van der Waals surface area contributed by atoms with Crippen molar-refractivity contribution in [3.05, 3.63) is 35.4 Å². The lowest BCUT2D eigenvalue weighted by Crippen LogP contribution is -2.12. The molecule has 1 nitrogen and oxygen atoms in total. The van der Waals surface area contributed by atoms with Crippen LogP contribution in [0.15, 0.2) is 24.3 Å². The second kappa shape index (κ2) is 3.28. The monoisotopic (exact) mass is 161 g/mol. The first-order valence-electron chi connectivity index (χ1n) is 4.69. The molecule has 64 valence electrons. The Bertz CT molecular complexity index is 263. The largest absolute Gasteiger partial charge is 0.326 e. The molecule has 1 aromatic carbocycles. The molecule has 1 fully saturated rings. The van der Waals surface area contributed by atoms with Crippen LogP contribution in [0.25, 0.3) is 0 Å². The Kier molecular flexibility index (Phi) is 2.13. The Morgan fingerprint density at radius 3 is 2.58 bits per heavy atom. The van der Waals surface area contributed by atoms with Crippen LogP contribution in [0.3, 0.4) is 0 Å². The first-order chi connectivity index (χ1) is 5.92. The third kappa shape index (κ3) is 1.25. The molecule has 0 radical (unpaired) electrons. The van der Waals surface area contributed by atoms with Gasteiger partial charge in [-0.15, -0.1) is 0 Å². The highest BCUT2D eigenvalue weighted by atomic mass is 14.5. The van der Waals surface area contributed by atoms with Gasteiger partial charge in [0, 0.05) is 6.54 Å². The lowest BCUT2D eigenvalue weighted by molar-refractivity contribution is 0.417. The van der Waals surface area contributed by atoms with Crippen LogP contribution in [0.2, 0.25) is 0 Å². The van der Waals surface area contributed by atoms with E-state index in [2.05, 4.69) is 24.3 Å². The molecule has 1 aliphatic rings. The Hall–Kier alpha value is -0.820. The molecule has 0 amide bonds. The summed E-state index contributed by atoms with van der Waals surface area (Å²) in [5, 5.41) is 0. The number of rotatable bonds is 2. The fraction of sp³-hybridized carbons (Fsp3) is 0.455. The molecule has 1 aromatic rings. The molecule has 12 heavy (non-hydrogen) atoms. The van der Waals surface area contributed by atoms with Crippen molar-refractivity contribution in [1.82, 2.24) is 0 Å². The third-order valence-corrected chi connectivity index (χ3v) is 2.82. The quantitative estimate of drug-likeness (QED) is 0.708. The van der Waals surface area contributed by atoms with Crippen molar-refractivity contribution in [2.24, 2.45) is 5.73 Å². The molecule has 1 heteroatoms. The highest BCUT2D eigenvalue weighted by molar-refractivity contribution is 5.31. The van der Waals surface area contributed by atoms with E-state index in [1.165, 1.54) is 30.4 Å². The van der Waals surface area contributed by atoms with Gasteiger partial charge in [-0.2, -0.15) is 0 Å². The van der Waals surface area contributed by atoms with E-state index in [-0.39, 0.29) is 0 Å². The maximum atomic E-state index is 5.67. The van der Waals surface area contributed by atoms with Gasteiger partial charge in [0.1, 0.15) is 0 Å². The second-order valence-electron chi connectivity index (χ2n) is 3.53. The molecule has 1 saturated carbocycles. The van der Waals surface area contributed by atoms with Crippen LogP contribution in [-0.2, 0) is 6.54 Å². The number of hydrogen-bond donors (Lipinski definition) is 1. The number of benzene rings is 1. The van der Waals surface area contributed by atoms with Crippen LogP contribution in [0.1, 0.15) is 36.3 Å². The molecule has 0 heterocycles. The van der Waals surface area contributed by atoms with Crippen molar-refractivity contribution < 1.29 is 0 Å². The summed E-state index contributed by atoms with van der Waals surface area (Å²) in [5.41, 5.74) is 8.49. The zero-order valence-electron chi connectivity index (χ0n) is 7.29. The highest BCUT2D eigenvalue weighted by Gasteiger charge is 2.20. The topological polar surface area (TPSA) is 26.0 Å². The van der Waals surface area contributed by atoms with E-state index in [4.69, 9.17) is 5.73 Å². The van der Waals surface area contributed by atoms with Gasteiger partial charge < -0.3 is 5.73 Å². The standard InChI is InChI=1S/C11H15N/c12-8-10-4-1-2-7-11(10)9-5-3-6-9/h1-2,4,7,9H,3,5-6,8,12H2. The molecule has 0 bridgehead atoms. The van der Waals surface area contributed by atoms with Gasteiger partial charge in [0.15, 0.2) is 0 Å². The Balaban J connectivity index is 2.27. The van der Waals surface area contributed by atoms with Gasteiger partial charge in [-0.25, -0.2) is 0 Å². The Labute approximate surface area is 73.6 Å². The summed E-state index contributed by atoms with van der Waals surface area (Å²) in [6, 6.07) is 8.57. The van der Waals surface area contributed by atoms with E-state index in [1.54, 1.807) is 0 Å². The SMILES string of the molecule is NCc1ccccc1C1CCC1. The van der Waals surface area contributed by atoms with Gasteiger partial charge in [-0.3, -0.25) is 0 Å². The predicted octanol–water partition coefficient (Wildman–Crippen LogP) is 2.41. The van der Waals surface area contributed by atoms with Gasteiger partial charge in [0.2, 0.25) is 0 Å². The summed E-state index contributed by atoms with van der Waals surface area (Å²) in [6.07, 6.45) is 4.11. The van der Waals surface area contributed by atoms with Gasteiger partial charge in [0.25, 0.3) is 0 Å². The van der Waals surface area contributed by atoms with E-state index in [0.717, 1.165) is 5.92 Å². The summed E-state index contributed by atoms with van der Waals surface area (Å²) >= 11 is 0. The van der Waals surface area contributed by atoms with Crippen molar-refractivity contribution in [1.29, 1.82) is 0 Å². The number of nitrogens with two attached hydrogens (primary N) is 1. The van der Waals surface area contributed by atoms with Gasteiger partial charge in [0.05, 0.1) is 0 Å². The molecule has 0 unspecified atom stereocenters. The molecular formula is C11H15N. The minimum Gasteiger partial charge on any atom is -0.326 e. The van der Waals surface area contributed by atoms with E-state index in [0.29, 0.717) is 6.54 Å². The average Bonchev–Trinajstić information content (AvgIpc) is 2.02. The molecule has 0 atom stereocenters. The van der Waals surface area contributed by atoms with E-state index in [9.17, 15) is 0 Å². The van der Waals surface area contributed by atoms with E-state index < -0.39 is 0 Å². The maximum absolute atomic E-state index is 5.67. The minimum absolute atomic E-state index is 0.687. The fourth-order valence-electron chi connectivity index (χ4n) is 1.84. The van der Waals surface area contributed by atoms with Gasteiger partial charge in [-0.1, -0.05) is 30.7 Å². The second-order valence-corrected chi connectivity index (χ2v) is 3.53. The average molecular weight is 161 g/mol. The lowest BCUT2D eigenvalue weighted by atomic mass is 9.78. The van der Waals surface area contributed by atoms with Gasteiger partial charge >= 0.3 is 0 Å². The van der Waals surface area contributed by atoms with Crippen LogP contribution < -0.4 is 5.73 Å². The predicted molar refractivity (Wildman–Crippen MR) is 50.9 cm³/mol. The van der Waals surface area contributed by atoms with Crippen LogP contribution in [0, 0.1) is 0 Å². The molecule has 0 spiro atoms. The summed E-state index contributed by atoms with van der Waals surface area (Å²) in [6.45, 7) is 0.687. The molecule has 0 saturated heterocycles. The normalized spacial score (nSPS) is 17.4. The lowest BCUT2D eigenvalue weighted by Gasteiger charge is -2.27. The van der Waals surface area contributed by atoms with E-state index in [1.807, 2.05) is 0 Å². The minimum atomic E-state index is 0.687. The van der Waals surface area contributed by atoms with Crippen LogP contribution >= 0.6 is 0 Å². The summed E-state index contributed by atoms with van der Waals surface area (Å²) < 4.78 is 0. The molecular weight excluding hydrogens is 146 g/mol. The zero-order valence-corrected chi connectivity index (χ0v) is 7.29. The molecule has 1 aliphatic carbocycles. The van der Waals surface area contributed by atoms with Crippen molar-refractivity contribution in [2.75, 3.05) is 0 Å².